The first-order valence-corrected chi connectivity index (χ1v) is 10.1. The smallest absolute Gasteiger partial charge is 0.254 e. The van der Waals surface area contributed by atoms with E-state index in [0.717, 1.165) is 41.2 Å². The van der Waals surface area contributed by atoms with Crippen molar-refractivity contribution in [3.05, 3.63) is 65.9 Å². The number of amides is 1. The number of aryl methyl sites for hydroxylation is 1. The average Bonchev–Trinajstić information content (AvgIpc) is 3.18. The normalized spacial score (nSPS) is 14.5. The summed E-state index contributed by atoms with van der Waals surface area (Å²) < 4.78 is 7.15. The second-order valence-corrected chi connectivity index (χ2v) is 7.52. The minimum absolute atomic E-state index is 0.0354. The Labute approximate surface area is 174 Å². The summed E-state index contributed by atoms with van der Waals surface area (Å²) in [5, 5.41) is 5.65. The molecule has 0 radical (unpaired) electrons. The number of nitrogens with zero attached hydrogens (tertiary/aromatic N) is 5. The molecule has 1 amide bonds. The lowest BCUT2D eigenvalue weighted by Crippen LogP contribution is -2.49. The Morgan fingerprint density at radius 2 is 1.80 bits per heavy atom. The number of ether oxygens (including phenoxy) is 1. The monoisotopic (exact) mass is 401 g/mol. The molecule has 0 aliphatic carbocycles. The highest BCUT2D eigenvalue weighted by Gasteiger charge is 2.25. The summed E-state index contributed by atoms with van der Waals surface area (Å²) in [6, 6.07) is 17.5. The maximum atomic E-state index is 12.9. The van der Waals surface area contributed by atoms with Crippen LogP contribution in [0.1, 0.15) is 16.1 Å². The molecule has 1 fully saturated rings. The van der Waals surface area contributed by atoms with Gasteiger partial charge in [-0.15, -0.1) is 0 Å². The summed E-state index contributed by atoms with van der Waals surface area (Å²) in [6.07, 6.45) is 0. The number of methoxy groups -OCH3 is 1. The van der Waals surface area contributed by atoms with Crippen molar-refractivity contribution in [3.63, 3.8) is 0 Å². The highest BCUT2D eigenvalue weighted by atomic mass is 16.5. The molecule has 1 aliphatic rings. The Hall–Kier alpha value is -3.61. The van der Waals surface area contributed by atoms with Gasteiger partial charge in [0.05, 0.1) is 18.3 Å². The van der Waals surface area contributed by atoms with Crippen molar-refractivity contribution in [2.75, 3.05) is 38.2 Å². The van der Waals surface area contributed by atoms with Crippen LogP contribution in [0.25, 0.3) is 16.6 Å². The Balaban J connectivity index is 1.41. The van der Waals surface area contributed by atoms with Crippen LogP contribution < -0.4 is 9.64 Å². The lowest BCUT2D eigenvalue weighted by Gasteiger charge is -2.36. The maximum absolute atomic E-state index is 12.9. The SMILES string of the molecule is COc1cccc(C(=O)N2CCN(c3nc4cc(C)nn4c4ccccc34)CC2)c1. The lowest BCUT2D eigenvalue weighted by atomic mass is 10.1. The number of rotatable bonds is 3. The van der Waals surface area contributed by atoms with Crippen LogP contribution >= 0.6 is 0 Å². The van der Waals surface area contributed by atoms with E-state index in [1.165, 1.54) is 0 Å². The molecule has 4 aromatic rings. The summed E-state index contributed by atoms with van der Waals surface area (Å²) >= 11 is 0. The van der Waals surface area contributed by atoms with E-state index in [4.69, 9.17) is 9.72 Å². The molecule has 0 spiro atoms. The van der Waals surface area contributed by atoms with Crippen LogP contribution in [0.15, 0.2) is 54.6 Å². The van der Waals surface area contributed by atoms with Crippen LogP contribution in [0.3, 0.4) is 0 Å². The number of piperazine rings is 1. The second kappa shape index (κ2) is 7.33. The highest BCUT2D eigenvalue weighted by Crippen LogP contribution is 2.27. The van der Waals surface area contributed by atoms with Gasteiger partial charge in [0.1, 0.15) is 11.6 Å². The maximum Gasteiger partial charge on any atom is 0.254 e. The average molecular weight is 401 g/mol. The van der Waals surface area contributed by atoms with Crippen LogP contribution in [-0.2, 0) is 0 Å². The number of anilines is 1. The van der Waals surface area contributed by atoms with Crippen molar-refractivity contribution in [1.82, 2.24) is 19.5 Å². The fraction of sp³-hybridized carbons (Fsp3) is 0.261. The van der Waals surface area contributed by atoms with Gasteiger partial charge in [0.25, 0.3) is 5.91 Å². The fourth-order valence-electron chi connectivity index (χ4n) is 4.06. The number of carbonyl (C=O) groups is 1. The first-order chi connectivity index (χ1) is 14.6. The molecular weight excluding hydrogens is 378 g/mol. The zero-order chi connectivity index (χ0) is 20.7. The third-order valence-electron chi connectivity index (χ3n) is 5.59. The summed E-state index contributed by atoms with van der Waals surface area (Å²) in [6.45, 7) is 4.74. The van der Waals surface area contributed by atoms with Gasteiger partial charge in [-0.3, -0.25) is 4.79 Å². The predicted molar refractivity (Wildman–Crippen MR) is 116 cm³/mol. The van der Waals surface area contributed by atoms with E-state index in [1.807, 2.05) is 52.7 Å². The number of hydrogen-bond acceptors (Lipinski definition) is 5. The van der Waals surface area contributed by atoms with Gasteiger partial charge < -0.3 is 14.5 Å². The number of benzene rings is 2. The van der Waals surface area contributed by atoms with Crippen LogP contribution in [0, 0.1) is 6.92 Å². The van der Waals surface area contributed by atoms with Crippen LogP contribution in [0.4, 0.5) is 5.82 Å². The Morgan fingerprint density at radius 3 is 2.60 bits per heavy atom. The van der Waals surface area contributed by atoms with E-state index in [9.17, 15) is 4.79 Å². The minimum atomic E-state index is 0.0354. The Morgan fingerprint density at radius 1 is 1.00 bits per heavy atom. The van der Waals surface area contributed by atoms with E-state index >= 15 is 0 Å². The fourth-order valence-corrected chi connectivity index (χ4v) is 4.06. The number of aromatic nitrogens is 3. The molecule has 2 aromatic carbocycles. The lowest BCUT2D eigenvalue weighted by molar-refractivity contribution is 0.0746. The van der Waals surface area contributed by atoms with Gasteiger partial charge in [0.15, 0.2) is 5.65 Å². The van der Waals surface area contributed by atoms with Gasteiger partial charge in [0.2, 0.25) is 0 Å². The molecular formula is C23H23N5O2. The minimum Gasteiger partial charge on any atom is -0.497 e. The quantitative estimate of drug-likeness (QED) is 0.528. The molecule has 1 saturated heterocycles. The van der Waals surface area contributed by atoms with Crippen LogP contribution in [0.5, 0.6) is 5.75 Å². The van der Waals surface area contributed by atoms with Gasteiger partial charge in [-0.1, -0.05) is 18.2 Å². The molecule has 7 heteroatoms. The summed E-state index contributed by atoms with van der Waals surface area (Å²) in [7, 11) is 1.61. The van der Waals surface area contributed by atoms with Crippen molar-refractivity contribution in [1.29, 1.82) is 0 Å². The topological polar surface area (TPSA) is 63.0 Å². The van der Waals surface area contributed by atoms with Gasteiger partial charge in [-0.05, 0) is 37.3 Å². The first-order valence-electron chi connectivity index (χ1n) is 10.1. The van der Waals surface area contributed by atoms with Gasteiger partial charge in [-0.2, -0.15) is 5.10 Å². The summed E-state index contributed by atoms with van der Waals surface area (Å²) in [4.78, 5) is 22.0. The van der Waals surface area contributed by atoms with Crippen molar-refractivity contribution in [3.8, 4) is 5.75 Å². The van der Waals surface area contributed by atoms with Crippen molar-refractivity contribution < 1.29 is 9.53 Å². The highest BCUT2D eigenvalue weighted by molar-refractivity contribution is 5.95. The number of para-hydroxylation sites is 1. The van der Waals surface area contributed by atoms with Crippen molar-refractivity contribution in [2.24, 2.45) is 0 Å². The van der Waals surface area contributed by atoms with Gasteiger partial charge >= 0.3 is 0 Å². The molecule has 30 heavy (non-hydrogen) atoms. The molecule has 0 unspecified atom stereocenters. The van der Waals surface area contributed by atoms with E-state index in [-0.39, 0.29) is 5.91 Å². The first kappa shape index (κ1) is 18.4. The molecule has 7 nitrogen and oxygen atoms in total. The van der Waals surface area contributed by atoms with E-state index in [0.29, 0.717) is 24.4 Å². The van der Waals surface area contributed by atoms with E-state index in [2.05, 4.69) is 22.1 Å². The molecule has 3 heterocycles. The molecule has 152 valence electrons. The Kier molecular flexibility index (Phi) is 4.50. The molecule has 1 aliphatic heterocycles. The zero-order valence-electron chi connectivity index (χ0n) is 17.1. The predicted octanol–water partition coefficient (Wildman–Crippen LogP) is 3.16. The van der Waals surface area contributed by atoms with Crippen molar-refractivity contribution in [2.45, 2.75) is 6.92 Å². The molecule has 0 saturated carbocycles. The van der Waals surface area contributed by atoms with Crippen LogP contribution in [-0.4, -0.2) is 58.7 Å². The summed E-state index contributed by atoms with van der Waals surface area (Å²) in [5.74, 6) is 1.68. The molecule has 0 atom stereocenters. The number of hydrogen-bond donors (Lipinski definition) is 0. The summed E-state index contributed by atoms with van der Waals surface area (Å²) in [5.41, 5.74) is 3.48. The van der Waals surface area contributed by atoms with E-state index < -0.39 is 0 Å². The van der Waals surface area contributed by atoms with Gasteiger partial charge in [-0.25, -0.2) is 9.50 Å². The molecule has 0 bridgehead atoms. The second-order valence-electron chi connectivity index (χ2n) is 7.52. The molecule has 5 rings (SSSR count). The number of fused-ring (bicyclic) bond motifs is 3. The third-order valence-corrected chi connectivity index (χ3v) is 5.59. The third kappa shape index (κ3) is 3.12. The standard InChI is InChI=1S/C23H23N5O2/c1-16-14-21-24-22(19-8-3-4-9-20(19)28(21)25-16)26-10-12-27(13-11-26)23(29)17-6-5-7-18(15-17)30-2/h3-9,14-15H,10-13H2,1-2H3. The largest absolute Gasteiger partial charge is 0.497 e. The molecule has 0 N–H and O–H groups in total. The van der Waals surface area contributed by atoms with Crippen LogP contribution in [0.2, 0.25) is 0 Å². The molecule has 2 aromatic heterocycles. The van der Waals surface area contributed by atoms with E-state index in [1.54, 1.807) is 13.2 Å². The van der Waals surface area contributed by atoms with Gasteiger partial charge in [0, 0.05) is 43.2 Å². The van der Waals surface area contributed by atoms with Crippen molar-refractivity contribution >= 4 is 28.3 Å². The Bertz CT molecular complexity index is 1240. The zero-order valence-corrected chi connectivity index (χ0v) is 17.1. The number of carbonyl (C=O) groups excluding carboxylic acids is 1.